The molecule has 1 aliphatic heterocycles. The molecule has 1 rings (SSSR count). The van der Waals surface area contributed by atoms with E-state index in [9.17, 15) is 10.1 Å². The maximum atomic E-state index is 10.1. The lowest BCUT2D eigenvalue weighted by molar-refractivity contribution is -0.480. The van der Waals surface area contributed by atoms with E-state index in [2.05, 4.69) is 16.8 Å². The van der Waals surface area contributed by atoms with E-state index in [0.29, 0.717) is 6.54 Å². The normalized spacial score (nSPS) is 21.1. The molecule has 0 spiro atoms. The van der Waals surface area contributed by atoms with Gasteiger partial charge in [0.1, 0.15) is 0 Å². The topological polar surface area (TPSA) is 49.6 Å². The van der Waals surface area contributed by atoms with Crippen molar-refractivity contribution in [2.45, 2.75) is 0 Å². The van der Waals surface area contributed by atoms with Gasteiger partial charge in [0.15, 0.2) is 0 Å². The molecule has 0 aromatic heterocycles. The van der Waals surface area contributed by atoms with Crippen LogP contribution in [0.5, 0.6) is 0 Å². The van der Waals surface area contributed by atoms with Gasteiger partial charge in [0, 0.05) is 31.1 Å². The molecule has 0 unspecified atom stereocenters. The molecule has 0 aromatic rings. The zero-order chi connectivity index (χ0) is 8.97. The molecule has 5 heteroatoms. The zero-order valence-corrected chi connectivity index (χ0v) is 7.40. The summed E-state index contributed by atoms with van der Waals surface area (Å²) in [6.45, 7) is 4.65. The molecule has 0 amide bonds. The smallest absolute Gasteiger partial charge is 0.216 e. The van der Waals surface area contributed by atoms with Gasteiger partial charge in [-0.3, -0.25) is 15.0 Å². The van der Waals surface area contributed by atoms with Crippen molar-refractivity contribution >= 4 is 0 Å². The Bertz CT molecular complexity index is 155. The van der Waals surface area contributed by atoms with Gasteiger partial charge < -0.3 is 4.90 Å². The summed E-state index contributed by atoms with van der Waals surface area (Å²) in [5.41, 5.74) is 0. The van der Waals surface area contributed by atoms with E-state index in [0.717, 1.165) is 26.2 Å². The third kappa shape index (κ3) is 3.15. The summed E-state index contributed by atoms with van der Waals surface area (Å²) in [7, 11) is 2.07. The highest BCUT2D eigenvalue weighted by Crippen LogP contribution is 1.97. The molecule has 0 bridgehead atoms. The van der Waals surface area contributed by atoms with Crippen molar-refractivity contribution < 1.29 is 4.92 Å². The number of hydrogen-bond donors (Lipinski definition) is 0. The molecule has 1 heterocycles. The average molecular weight is 173 g/mol. The lowest BCUT2D eigenvalue weighted by Crippen LogP contribution is -2.45. The third-order valence-corrected chi connectivity index (χ3v) is 2.19. The van der Waals surface area contributed by atoms with E-state index in [1.165, 1.54) is 0 Å². The second kappa shape index (κ2) is 4.37. The van der Waals surface area contributed by atoms with Crippen LogP contribution in [0.1, 0.15) is 0 Å². The molecule has 1 fully saturated rings. The fraction of sp³-hybridized carbons (Fsp3) is 1.00. The summed E-state index contributed by atoms with van der Waals surface area (Å²) in [4.78, 5) is 14.2. The maximum absolute atomic E-state index is 10.1. The van der Waals surface area contributed by atoms with Crippen LogP contribution in [-0.4, -0.2) is 61.0 Å². The summed E-state index contributed by atoms with van der Waals surface area (Å²) in [5, 5.41) is 10.1. The van der Waals surface area contributed by atoms with Crippen molar-refractivity contribution in [1.82, 2.24) is 9.80 Å². The van der Waals surface area contributed by atoms with E-state index >= 15 is 0 Å². The van der Waals surface area contributed by atoms with E-state index in [4.69, 9.17) is 0 Å². The van der Waals surface area contributed by atoms with Crippen LogP contribution >= 0.6 is 0 Å². The van der Waals surface area contributed by atoms with Crippen LogP contribution in [-0.2, 0) is 0 Å². The third-order valence-electron chi connectivity index (χ3n) is 2.19. The van der Waals surface area contributed by atoms with E-state index in [-0.39, 0.29) is 11.5 Å². The van der Waals surface area contributed by atoms with Gasteiger partial charge >= 0.3 is 0 Å². The Balaban J connectivity index is 2.13. The highest BCUT2D eigenvalue weighted by atomic mass is 16.6. The predicted octanol–water partition coefficient (Wildman–Crippen LogP) is -0.489. The van der Waals surface area contributed by atoms with Crippen LogP contribution in [0.3, 0.4) is 0 Å². The Morgan fingerprint density at radius 1 is 1.33 bits per heavy atom. The van der Waals surface area contributed by atoms with Crippen LogP contribution in [0.25, 0.3) is 0 Å². The van der Waals surface area contributed by atoms with E-state index in [1.54, 1.807) is 0 Å². The number of piperazine rings is 1. The van der Waals surface area contributed by atoms with Gasteiger partial charge in [-0.05, 0) is 7.05 Å². The summed E-state index contributed by atoms with van der Waals surface area (Å²) >= 11 is 0. The minimum absolute atomic E-state index is 0.0731. The van der Waals surface area contributed by atoms with Crippen molar-refractivity contribution in [2.75, 3.05) is 46.3 Å². The Hall–Kier alpha value is -0.680. The molecule has 0 atom stereocenters. The minimum atomic E-state index is -0.252. The summed E-state index contributed by atoms with van der Waals surface area (Å²) in [6, 6.07) is 0. The van der Waals surface area contributed by atoms with Crippen molar-refractivity contribution in [3.8, 4) is 0 Å². The molecule has 1 saturated heterocycles. The van der Waals surface area contributed by atoms with Crippen LogP contribution in [0, 0.1) is 10.1 Å². The first-order chi connectivity index (χ1) is 5.68. The molecule has 0 aromatic carbocycles. The highest BCUT2D eigenvalue weighted by Gasteiger charge is 2.14. The van der Waals surface area contributed by atoms with E-state index in [1.807, 2.05) is 0 Å². The molecule has 0 N–H and O–H groups in total. The summed E-state index contributed by atoms with van der Waals surface area (Å²) < 4.78 is 0. The largest absolute Gasteiger partial charge is 0.304 e. The Morgan fingerprint density at radius 2 is 1.92 bits per heavy atom. The van der Waals surface area contributed by atoms with Gasteiger partial charge in [-0.25, -0.2) is 0 Å². The van der Waals surface area contributed by atoms with E-state index < -0.39 is 0 Å². The molecular weight excluding hydrogens is 158 g/mol. The molecule has 70 valence electrons. The van der Waals surface area contributed by atoms with Crippen LogP contribution in [0.4, 0.5) is 0 Å². The Kier molecular flexibility index (Phi) is 3.43. The minimum Gasteiger partial charge on any atom is -0.304 e. The van der Waals surface area contributed by atoms with Gasteiger partial charge in [-0.2, -0.15) is 0 Å². The second-order valence-corrected chi connectivity index (χ2v) is 3.20. The fourth-order valence-corrected chi connectivity index (χ4v) is 1.29. The van der Waals surface area contributed by atoms with Crippen molar-refractivity contribution in [3.63, 3.8) is 0 Å². The average Bonchev–Trinajstić information content (AvgIpc) is 2.03. The lowest BCUT2D eigenvalue weighted by atomic mass is 10.3. The van der Waals surface area contributed by atoms with Gasteiger partial charge in [0.05, 0.1) is 6.54 Å². The molecule has 0 radical (unpaired) electrons. The second-order valence-electron chi connectivity index (χ2n) is 3.20. The lowest BCUT2D eigenvalue weighted by Gasteiger charge is -2.31. The van der Waals surface area contributed by atoms with Crippen LogP contribution < -0.4 is 0 Å². The molecule has 1 aliphatic rings. The fourth-order valence-electron chi connectivity index (χ4n) is 1.29. The number of likely N-dealkylation sites (N-methyl/N-ethyl adjacent to an activating group) is 1. The van der Waals surface area contributed by atoms with Gasteiger partial charge in [0.25, 0.3) is 0 Å². The summed E-state index contributed by atoms with van der Waals surface area (Å²) in [6.07, 6.45) is 0. The van der Waals surface area contributed by atoms with Crippen molar-refractivity contribution in [1.29, 1.82) is 0 Å². The number of rotatable bonds is 3. The van der Waals surface area contributed by atoms with Crippen LogP contribution in [0.2, 0.25) is 0 Å². The van der Waals surface area contributed by atoms with Crippen LogP contribution in [0.15, 0.2) is 0 Å². The number of nitrogens with zero attached hydrogens (tertiary/aromatic N) is 3. The molecule has 0 aliphatic carbocycles. The first-order valence-corrected chi connectivity index (χ1v) is 4.21. The van der Waals surface area contributed by atoms with Crippen molar-refractivity contribution in [3.05, 3.63) is 10.1 Å². The Morgan fingerprint density at radius 3 is 2.42 bits per heavy atom. The highest BCUT2D eigenvalue weighted by molar-refractivity contribution is 4.68. The molecular formula is C7H15N3O2. The predicted molar refractivity (Wildman–Crippen MR) is 45.8 cm³/mol. The van der Waals surface area contributed by atoms with Crippen molar-refractivity contribution in [2.24, 2.45) is 0 Å². The van der Waals surface area contributed by atoms with Gasteiger partial charge in [-0.15, -0.1) is 0 Å². The van der Waals surface area contributed by atoms with Gasteiger partial charge in [0.2, 0.25) is 6.54 Å². The SMILES string of the molecule is CN1CCN(CC[N+](=O)[O-])CC1. The Labute approximate surface area is 72.1 Å². The maximum Gasteiger partial charge on any atom is 0.216 e. The standard InChI is InChI=1S/C7H15N3O2/c1-8-2-4-9(5-3-8)6-7-10(11)12/h2-7H2,1H3. The first-order valence-electron chi connectivity index (χ1n) is 4.21. The van der Waals surface area contributed by atoms with Gasteiger partial charge in [-0.1, -0.05) is 0 Å². The number of nitro groups is 1. The molecule has 0 saturated carbocycles. The molecule has 12 heavy (non-hydrogen) atoms. The zero-order valence-electron chi connectivity index (χ0n) is 7.40. The quantitative estimate of drug-likeness (QED) is 0.427. The molecule has 5 nitrogen and oxygen atoms in total. The first kappa shape index (κ1) is 9.41. The monoisotopic (exact) mass is 173 g/mol. The number of hydrogen-bond acceptors (Lipinski definition) is 4. The summed E-state index contributed by atoms with van der Waals surface area (Å²) in [5.74, 6) is 0.